The van der Waals surface area contributed by atoms with Gasteiger partial charge in [0.1, 0.15) is 11.0 Å². The molecular formula is C20H16N4O. The summed E-state index contributed by atoms with van der Waals surface area (Å²) in [5.41, 5.74) is 4.90. The topological polar surface area (TPSA) is 59.8 Å². The van der Waals surface area contributed by atoms with Crippen LogP contribution in [0.15, 0.2) is 72.8 Å². The van der Waals surface area contributed by atoms with E-state index >= 15 is 0 Å². The first-order chi connectivity index (χ1) is 12.2. The highest BCUT2D eigenvalue weighted by Crippen LogP contribution is 2.18. The molecule has 3 aromatic carbocycles. The minimum atomic E-state index is -0.147. The van der Waals surface area contributed by atoms with Crippen molar-refractivity contribution in [1.29, 1.82) is 0 Å². The molecule has 0 saturated heterocycles. The van der Waals surface area contributed by atoms with Crippen molar-refractivity contribution in [1.82, 2.24) is 15.0 Å². The molecule has 0 radical (unpaired) electrons. The Morgan fingerprint density at radius 1 is 0.880 bits per heavy atom. The lowest BCUT2D eigenvalue weighted by atomic mass is 10.2. The molecule has 5 heteroatoms. The van der Waals surface area contributed by atoms with Crippen molar-refractivity contribution >= 4 is 22.6 Å². The van der Waals surface area contributed by atoms with Crippen LogP contribution in [0.2, 0.25) is 0 Å². The average molecular weight is 328 g/mol. The number of carbonyl (C=O) groups excluding carboxylic acids is 1. The van der Waals surface area contributed by atoms with Crippen LogP contribution < -0.4 is 5.32 Å². The summed E-state index contributed by atoms with van der Waals surface area (Å²) in [6.07, 6.45) is 0. The summed E-state index contributed by atoms with van der Waals surface area (Å²) in [6.45, 7) is 2.04. The van der Waals surface area contributed by atoms with Crippen molar-refractivity contribution in [2.24, 2.45) is 0 Å². The molecule has 1 aromatic heterocycles. The molecule has 0 aliphatic heterocycles. The molecule has 0 atom stereocenters. The van der Waals surface area contributed by atoms with Crippen LogP contribution in [0.1, 0.15) is 15.9 Å². The molecule has 5 nitrogen and oxygen atoms in total. The number of hydrogen-bond donors (Lipinski definition) is 1. The predicted octanol–water partition coefficient (Wildman–Crippen LogP) is 3.98. The zero-order valence-corrected chi connectivity index (χ0v) is 13.7. The number of nitrogens with zero attached hydrogens (tertiary/aromatic N) is 3. The Bertz CT molecular complexity index is 1040. The van der Waals surface area contributed by atoms with Gasteiger partial charge >= 0.3 is 0 Å². The largest absolute Gasteiger partial charge is 0.322 e. The van der Waals surface area contributed by atoms with Crippen molar-refractivity contribution in [2.75, 3.05) is 5.32 Å². The van der Waals surface area contributed by atoms with E-state index in [0.29, 0.717) is 11.3 Å². The Hall–Kier alpha value is -3.47. The van der Waals surface area contributed by atoms with Crippen LogP contribution in [0, 0.1) is 6.92 Å². The second-order valence-electron chi connectivity index (χ2n) is 5.85. The number of nitrogens with one attached hydrogen (secondary N) is 1. The van der Waals surface area contributed by atoms with Crippen molar-refractivity contribution in [3.8, 4) is 5.69 Å². The molecule has 0 fully saturated rings. The molecular weight excluding hydrogens is 312 g/mol. The van der Waals surface area contributed by atoms with E-state index in [1.165, 1.54) is 5.56 Å². The van der Waals surface area contributed by atoms with E-state index in [0.717, 1.165) is 16.7 Å². The van der Waals surface area contributed by atoms with E-state index in [1.807, 2.05) is 67.6 Å². The van der Waals surface area contributed by atoms with Crippen LogP contribution >= 0.6 is 0 Å². The smallest absolute Gasteiger partial charge is 0.255 e. The first-order valence-electron chi connectivity index (χ1n) is 8.00. The summed E-state index contributed by atoms with van der Waals surface area (Å²) in [4.78, 5) is 13.9. The normalized spacial score (nSPS) is 10.8. The number of amides is 1. The number of rotatable bonds is 3. The number of benzene rings is 3. The van der Waals surface area contributed by atoms with Crippen LogP contribution in [0.4, 0.5) is 5.69 Å². The maximum absolute atomic E-state index is 12.3. The summed E-state index contributed by atoms with van der Waals surface area (Å²) in [7, 11) is 0. The van der Waals surface area contributed by atoms with E-state index in [1.54, 1.807) is 16.9 Å². The number of aromatic nitrogens is 3. The molecule has 1 amide bonds. The first-order valence-corrected chi connectivity index (χ1v) is 8.00. The number of fused-ring (bicyclic) bond motifs is 1. The van der Waals surface area contributed by atoms with E-state index in [2.05, 4.69) is 15.5 Å². The number of aryl methyl sites for hydroxylation is 1. The van der Waals surface area contributed by atoms with Gasteiger partial charge in [-0.25, -0.2) is 0 Å². The quantitative estimate of drug-likeness (QED) is 0.619. The Balaban J connectivity index is 1.62. The molecule has 0 bridgehead atoms. The highest BCUT2D eigenvalue weighted by molar-refractivity contribution is 6.04. The summed E-state index contributed by atoms with van der Waals surface area (Å²) in [5, 5.41) is 11.9. The third-order valence-corrected chi connectivity index (χ3v) is 3.94. The van der Waals surface area contributed by atoms with Crippen molar-refractivity contribution in [2.45, 2.75) is 6.92 Å². The SMILES string of the molecule is Cc1ccc(-n2nc3ccc(NC(=O)c4ccccc4)cc3n2)cc1. The first kappa shape index (κ1) is 15.1. The molecule has 0 aliphatic rings. The Morgan fingerprint density at radius 2 is 1.60 bits per heavy atom. The minimum absolute atomic E-state index is 0.147. The van der Waals surface area contributed by atoms with Crippen molar-refractivity contribution < 1.29 is 4.79 Å². The van der Waals surface area contributed by atoms with Crippen LogP contribution in [-0.4, -0.2) is 20.9 Å². The lowest BCUT2D eigenvalue weighted by molar-refractivity contribution is 0.102. The van der Waals surface area contributed by atoms with Crippen LogP contribution in [0.5, 0.6) is 0 Å². The van der Waals surface area contributed by atoms with Crippen LogP contribution in [0.25, 0.3) is 16.7 Å². The fourth-order valence-corrected chi connectivity index (χ4v) is 2.58. The molecule has 0 aliphatic carbocycles. The number of carbonyl (C=O) groups is 1. The van der Waals surface area contributed by atoms with Gasteiger partial charge in [0.15, 0.2) is 0 Å². The maximum atomic E-state index is 12.3. The van der Waals surface area contributed by atoms with Gasteiger partial charge in [-0.15, -0.1) is 10.2 Å². The van der Waals surface area contributed by atoms with E-state index in [4.69, 9.17) is 0 Å². The summed E-state index contributed by atoms with van der Waals surface area (Å²) >= 11 is 0. The highest BCUT2D eigenvalue weighted by atomic mass is 16.1. The van der Waals surface area contributed by atoms with Gasteiger partial charge in [0.05, 0.1) is 5.69 Å². The van der Waals surface area contributed by atoms with Crippen molar-refractivity contribution in [3.05, 3.63) is 83.9 Å². The Morgan fingerprint density at radius 3 is 2.36 bits per heavy atom. The van der Waals surface area contributed by atoms with Gasteiger partial charge in [-0.3, -0.25) is 4.79 Å². The Kier molecular flexibility index (Phi) is 3.74. The van der Waals surface area contributed by atoms with Crippen molar-refractivity contribution in [3.63, 3.8) is 0 Å². The summed E-state index contributed by atoms with van der Waals surface area (Å²) in [5.74, 6) is -0.147. The van der Waals surface area contributed by atoms with E-state index in [9.17, 15) is 4.79 Å². The molecule has 1 N–H and O–H groups in total. The Labute approximate surface area is 144 Å². The second-order valence-corrected chi connectivity index (χ2v) is 5.85. The zero-order valence-electron chi connectivity index (χ0n) is 13.7. The second kappa shape index (κ2) is 6.20. The third-order valence-electron chi connectivity index (χ3n) is 3.94. The maximum Gasteiger partial charge on any atom is 0.255 e. The van der Waals surface area contributed by atoms with Crippen LogP contribution in [-0.2, 0) is 0 Å². The molecule has 0 spiro atoms. The molecule has 122 valence electrons. The third kappa shape index (κ3) is 3.12. The van der Waals surface area contributed by atoms with Crippen LogP contribution in [0.3, 0.4) is 0 Å². The molecule has 25 heavy (non-hydrogen) atoms. The molecule has 4 rings (SSSR count). The van der Waals surface area contributed by atoms with E-state index < -0.39 is 0 Å². The monoisotopic (exact) mass is 328 g/mol. The molecule has 1 heterocycles. The average Bonchev–Trinajstić information content (AvgIpc) is 3.06. The van der Waals surface area contributed by atoms with Gasteiger partial charge in [-0.2, -0.15) is 4.80 Å². The standard InChI is InChI=1S/C20H16N4O/c1-14-7-10-17(11-8-14)24-22-18-12-9-16(13-19(18)23-24)21-20(25)15-5-3-2-4-6-15/h2-13H,1H3,(H,21,25). The number of anilines is 1. The highest BCUT2D eigenvalue weighted by Gasteiger charge is 2.09. The lowest BCUT2D eigenvalue weighted by Crippen LogP contribution is -2.11. The zero-order chi connectivity index (χ0) is 17.2. The summed E-state index contributed by atoms with van der Waals surface area (Å²) in [6, 6.07) is 22.6. The van der Waals surface area contributed by atoms with E-state index in [-0.39, 0.29) is 5.91 Å². The van der Waals surface area contributed by atoms with Gasteiger partial charge in [-0.1, -0.05) is 35.9 Å². The van der Waals surface area contributed by atoms with Gasteiger partial charge in [0.2, 0.25) is 0 Å². The van der Waals surface area contributed by atoms with Gasteiger partial charge < -0.3 is 5.32 Å². The predicted molar refractivity (Wildman–Crippen MR) is 98.0 cm³/mol. The number of hydrogen-bond acceptors (Lipinski definition) is 3. The minimum Gasteiger partial charge on any atom is -0.322 e. The van der Waals surface area contributed by atoms with Gasteiger partial charge in [0.25, 0.3) is 5.91 Å². The van der Waals surface area contributed by atoms with Gasteiger partial charge in [-0.05, 0) is 49.4 Å². The molecule has 0 saturated carbocycles. The van der Waals surface area contributed by atoms with Gasteiger partial charge in [0, 0.05) is 11.3 Å². The lowest BCUT2D eigenvalue weighted by Gasteiger charge is -2.04. The molecule has 0 unspecified atom stereocenters. The fourth-order valence-electron chi connectivity index (χ4n) is 2.58. The summed E-state index contributed by atoms with van der Waals surface area (Å²) < 4.78 is 0. The fraction of sp³-hybridized carbons (Fsp3) is 0.0500. The molecule has 4 aromatic rings.